The number of ether oxygens (including phenoxy) is 1. The van der Waals surface area contributed by atoms with Gasteiger partial charge in [0.2, 0.25) is 5.88 Å². The summed E-state index contributed by atoms with van der Waals surface area (Å²) in [5.74, 6) is 1.20. The monoisotopic (exact) mass is 396 g/mol. The van der Waals surface area contributed by atoms with Crippen LogP contribution in [0.3, 0.4) is 0 Å². The van der Waals surface area contributed by atoms with Gasteiger partial charge in [-0.15, -0.1) is 0 Å². The minimum atomic E-state index is 0.498. The summed E-state index contributed by atoms with van der Waals surface area (Å²) in [5, 5.41) is 4.53. The molecule has 0 radical (unpaired) electrons. The average molecular weight is 396 g/mol. The molecule has 0 fully saturated rings. The maximum absolute atomic E-state index is 6.01. The zero-order valence-corrected chi connectivity index (χ0v) is 16.4. The van der Waals surface area contributed by atoms with E-state index in [4.69, 9.17) is 10.5 Å². The molecule has 5 aromatic rings. The molecule has 148 valence electrons. The molecule has 0 amide bonds. The maximum Gasteiger partial charge on any atom is 0.224 e. The summed E-state index contributed by atoms with van der Waals surface area (Å²) in [6.07, 6.45) is 8.02. The minimum Gasteiger partial charge on any atom is -0.439 e. The number of aryl methyl sites for hydroxylation is 1. The van der Waals surface area contributed by atoms with Gasteiger partial charge in [-0.2, -0.15) is 0 Å². The Kier molecular flexibility index (Phi) is 4.40. The van der Waals surface area contributed by atoms with E-state index in [1.54, 1.807) is 18.6 Å². The zero-order valence-electron chi connectivity index (χ0n) is 16.4. The minimum absolute atomic E-state index is 0.498. The second-order valence-electron chi connectivity index (χ2n) is 6.96. The van der Waals surface area contributed by atoms with Gasteiger partial charge in [0.05, 0.1) is 11.2 Å². The van der Waals surface area contributed by atoms with E-state index in [-0.39, 0.29) is 0 Å². The van der Waals surface area contributed by atoms with Crippen LogP contribution in [0.25, 0.3) is 16.6 Å². The second-order valence-corrected chi connectivity index (χ2v) is 6.96. The van der Waals surface area contributed by atoms with Gasteiger partial charge in [-0.05, 0) is 54.4 Å². The Morgan fingerprint density at radius 2 is 1.90 bits per heavy atom. The number of nitrogens with two attached hydrogens (primary N) is 1. The molecule has 0 spiro atoms. The third kappa shape index (κ3) is 3.37. The van der Waals surface area contributed by atoms with Gasteiger partial charge in [-0.3, -0.25) is 9.38 Å². The van der Waals surface area contributed by atoms with Crippen molar-refractivity contribution in [1.82, 2.24) is 19.4 Å². The summed E-state index contributed by atoms with van der Waals surface area (Å²) in [5.41, 5.74) is 11.5. The Labute approximate surface area is 173 Å². The highest BCUT2D eigenvalue weighted by Crippen LogP contribution is 2.31. The largest absolute Gasteiger partial charge is 0.439 e. The molecule has 7 heteroatoms. The number of pyridine rings is 1. The summed E-state index contributed by atoms with van der Waals surface area (Å²) in [7, 11) is 0. The molecule has 3 heterocycles. The fourth-order valence-electron chi connectivity index (χ4n) is 3.40. The second kappa shape index (κ2) is 7.36. The van der Waals surface area contributed by atoms with Crippen molar-refractivity contribution in [3.8, 4) is 11.6 Å². The fourth-order valence-corrected chi connectivity index (χ4v) is 3.40. The van der Waals surface area contributed by atoms with E-state index >= 15 is 0 Å². The quantitative estimate of drug-likeness (QED) is 0.408. The van der Waals surface area contributed by atoms with Crippen LogP contribution in [0.4, 0.5) is 17.1 Å². The van der Waals surface area contributed by atoms with Crippen LogP contribution in [0.5, 0.6) is 11.6 Å². The molecule has 0 bridgehead atoms. The van der Waals surface area contributed by atoms with E-state index in [9.17, 15) is 0 Å². The molecule has 5 rings (SSSR count). The molecule has 3 N–H and O–H groups in total. The van der Waals surface area contributed by atoms with Crippen molar-refractivity contribution in [2.24, 2.45) is 0 Å². The third-order valence-electron chi connectivity index (χ3n) is 4.96. The van der Waals surface area contributed by atoms with Gasteiger partial charge in [-0.25, -0.2) is 9.97 Å². The molecule has 0 saturated carbocycles. The molecule has 0 saturated heterocycles. The Morgan fingerprint density at radius 3 is 2.73 bits per heavy atom. The first kappa shape index (κ1) is 17.9. The summed E-state index contributed by atoms with van der Waals surface area (Å²) in [6.45, 7) is 2.11. The Morgan fingerprint density at radius 1 is 1.03 bits per heavy atom. The summed E-state index contributed by atoms with van der Waals surface area (Å²) in [4.78, 5) is 13.1. The standard InChI is InChI=1S/C23H20N6O/c1-2-15-13-26-20-8-3-16(24)11-19(20)23(15)28-17-4-6-18(7-5-17)30-22-12-21-25-9-10-29(21)14-27-22/h3-14H,2,24H2,1H3,(H,26,28). The summed E-state index contributed by atoms with van der Waals surface area (Å²) >= 11 is 0. The van der Waals surface area contributed by atoms with E-state index in [1.807, 2.05) is 59.3 Å². The van der Waals surface area contributed by atoms with Crippen molar-refractivity contribution in [3.05, 3.63) is 79.0 Å². The molecule has 0 aliphatic rings. The number of benzene rings is 2. The van der Waals surface area contributed by atoms with Gasteiger partial charge in [0.1, 0.15) is 17.7 Å². The molecular formula is C23H20N6O. The number of imidazole rings is 1. The Balaban J connectivity index is 1.41. The number of rotatable bonds is 5. The smallest absolute Gasteiger partial charge is 0.224 e. The zero-order chi connectivity index (χ0) is 20.5. The first-order chi connectivity index (χ1) is 14.7. The SMILES string of the molecule is CCc1cnc2ccc(N)cc2c1Nc1ccc(Oc2cc3nccn3cn2)cc1. The molecule has 3 aromatic heterocycles. The number of anilines is 3. The van der Waals surface area contributed by atoms with Gasteiger partial charge in [0.15, 0.2) is 0 Å². The van der Waals surface area contributed by atoms with Gasteiger partial charge in [-0.1, -0.05) is 6.92 Å². The van der Waals surface area contributed by atoms with Crippen molar-refractivity contribution in [1.29, 1.82) is 0 Å². The average Bonchev–Trinajstić information content (AvgIpc) is 3.23. The highest BCUT2D eigenvalue weighted by molar-refractivity contribution is 5.96. The predicted molar refractivity (Wildman–Crippen MR) is 118 cm³/mol. The fraction of sp³-hybridized carbons (Fsp3) is 0.0870. The van der Waals surface area contributed by atoms with Crippen LogP contribution < -0.4 is 15.8 Å². The van der Waals surface area contributed by atoms with Crippen molar-refractivity contribution in [2.75, 3.05) is 11.1 Å². The van der Waals surface area contributed by atoms with E-state index in [2.05, 4.69) is 27.2 Å². The van der Waals surface area contributed by atoms with E-state index < -0.39 is 0 Å². The van der Waals surface area contributed by atoms with E-state index in [0.717, 1.165) is 39.9 Å². The molecule has 7 nitrogen and oxygen atoms in total. The number of hydrogen-bond donors (Lipinski definition) is 2. The topological polar surface area (TPSA) is 90.4 Å². The van der Waals surface area contributed by atoms with Gasteiger partial charge >= 0.3 is 0 Å². The van der Waals surface area contributed by atoms with Gasteiger partial charge in [0.25, 0.3) is 0 Å². The van der Waals surface area contributed by atoms with Crippen LogP contribution in [-0.2, 0) is 6.42 Å². The molecule has 0 aliphatic heterocycles. The molecule has 0 atom stereocenters. The molecule has 0 aliphatic carbocycles. The van der Waals surface area contributed by atoms with Crippen molar-refractivity contribution >= 4 is 33.6 Å². The van der Waals surface area contributed by atoms with Crippen LogP contribution in [0.1, 0.15) is 12.5 Å². The third-order valence-corrected chi connectivity index (χ3v) is 4.96. The van der Waals surface area contributed by atoms with Gasteiger partial charge < -0.3 is 15.8 Å². The molecule has 0 unspecified atom stereocenters. The van der Waals surface area contributed by atoms with Crippen LogP contribution in [-0.4, -0.2) is 19.4 Å². The lowest BCUT2D eigenvalue weighted by Gasteiger charge is -2.15. The highest BCUT2D eigenvalue weighted by atomic mass is 16.5. The maximum atomic E-state index is 6.01. The van der Waals surface area contributed by atoms with Crippen LogP contribution in [0.2, 0.25) is 0 Å². The Hall–Kier alpha value is -4.13. The lowest BCUT2D eigenvalue weighted by Crippen LogP contribution is -1.99. The summed E-state index contributed by atoms with van der Waals surface area (Å²) < 4.78 is 7.70. The normalized spacial score (nSPS) is 11.1. The number of nitrogens with one attached hydrogen (secondary N) is 1. The van der Waals surface area contributed by atoms with Crippen molar-refractivity contribution < 1.29 is 4.74 Å². The predicted octanol–water partition coefficient (Wildman–Crippen LogP) is 4.96. The number of nitrogen functional groups attached to an aromatic ring is 1. The number of fused-ring (bicyclic) bond motifs is 2. The lowest BCUT2D eigenvalue weighted by molar-refractivity contribution is 0.462. The van der Waals surface area contributed by atoms with Crippen molar-refractivity contribution in [3.63, 3.8) is 0 Å². The molecular weight excluding hydrogens is 376 g/mol. The van der Waals surface area contributed by atoms with Crippen LogP contribution in [0, 0.1) is 0 Å². The molecule has 2 aromatic carbocycles. The van der Waals surface area contributed by atoms with Crippen LogP contribution in [0.15, 0.2) is 73.4 Å². The van der Waals surface area contributed by atoms with E-state index in [0.29, 0.717) is 17.3 Å². The number of hydrogen-bond acceptors (Lipinski definition) is 6. The summed E-state index contributed by atoms with van der Waals surface area (Å²) in [6, 6.07) is 15.3. The van der Waals surface area contributed by atoms with Crippen molar-refractivity contribution in [2.45, 2.75) is 13.3 Å². The molecule has 30 heavy (non-hydrogen) atoms. The first-order valence-corrected chi connectivity index (χ1v) is 9.70. The highest BCUT2D eigenvalue weighted by Gasteiger charge is 2.09. The number of nitrogens with zero attached hydrogens (tertiary/aromatic N) is 4. The Bertz CT molecular complexity index is 1340. The van der Waals surface area contributed by atoms with Crippen LogP contribution >= 0.6 is 0 Å². The van der Waals surface area contributed by atoms with E-state index in [1.165, 1.54) is 0 Å². The lowest BCUT2D eigenvalue weighted by atomic mass is 10.1. The number of aromatic nitrogens is 4. The van der Waals surface area contributed by atoms with Gasteiger partial charge in [0, 0.05) is 41.4 Å². The first-order valence-electron chi connectivity index (χ1n) is 9.70.